The summed E-state index contributed by atoms with van der Waals surface area (Å²) in [6, 6.07) is 0. The zero-order chi connectivity index (χ0) is 7.98. The summed E-state index contributed by atoms with van der Waals surface area (Å²) in [5.41, 5.74) is 4.48. The van der Waals surface area contributed by atoms with Crippen LogP contribution in [0.4, 0.5) is 4.79 Å². The van der Waals surface area contributed by atoms with E-state index in [1.165, 1.54) is 7.11 Å². The molecule has 0 aliphatic heterocycles. The molecule has 6 nitrogen and oxygen atoms in total. The molecule has 0 saturated heterocycles. The molecule has 0 aromatic heterocycles. The SMILES string of the molecule is CON=CC(=O)OC(N)=O. The molecule has 0 aliphatic rings. The molecule has 0 atom stereocenters. The summed E-state index contributed by atoms with van der Waals surface area (Å²) in [6.45, 7) is 0. The Bertz CT molecular complexity index is 165. The maximum atomic E-state index is 10.3. The summed E-state index contributed by atoms with van der Waals surface area (Å²) in [4.78, 5) is 24.2. The second kappa shape index (κ2) is 4.30. The van der Waals surface area contributed by atoms with Gasteiger partial charge in [-0.15, -0.1) is 0 Å². The minimum absolute atomic E-state index is 0.685. The van der Waals surface area contributed by atoms with Gasteiger partial charge in [0.25, 0.3) is 0 Å². The van der Waals surface area contributed by atoms with Crippen molar-refractivity contribution < 1.29 is 19.2 Å². The lowest BCUT2D eigenvalue weighted by molar-refractivity contribution is -0.129. The molecule has 0 aromatic carbocycles. The molecule has 0 saturated carbocycles. The lowest BCUT2D eigenvalue weighted by Crippen LogP contribution is -2.18. The molecule has 0 aromatic rings. The number of amides is 1. The number of hydrogen-bond acceptors (Lipinski definition) is 5. The molecule has 0 heterocycles. The van der Waals surface area contributed by atoms with E-state index in [9.17, 15) is 9.59 Å². The van der Waals surface area contributed by atoms with Crippen LogP contribution in [0.15, 0.2) is 5.16 Å². The van der Waals surface area contributed by atoms with Crippen LogP contribution in [0, 0.1) is 0 Å². The second-order valence-electron chi connectivity index (χ2n) is 1.16. The number of carbonyl (C=O) groups excluding carboxylic acids is 2. The van der Waals surface area contributed by atoms with Crippen LogP contribution < -0.4 is 5.73 Å². The predicted molar refractivity (Wildman–Crippen MR) is 31.2 cm³/mol. The smallest absolute Gasteiger partial charge is 0.399 e. The summed E-state index contributed by atoms with van der Waals surface area (Å²) in [5, 5.41) is 3.02. The molecule has 0 bridgehead atoms. The van der Waals surface area contributed by atoms with E-state index >= 15 is 0 Å². The largest absolute Gasteiger partial charge is 0.412 e. The van der Waals surface area contributed by atoms with Gasteiger partial charge in [0, 0.05) is 0 Å². The fraction of sp³-hybridized carbons (Fsp3) is 0.250. The molecule has 0 unspecified atom stereocenters. The van der Waals surface area contributed by atoms with Gasteiger partial charge in [0.05, 0.1) is 0 Å². The Balaban J connectivity index is 3.64. The number of nitrogens with zero attached hydrogens (tertiary/aromatic N) is 1. The molecule has 56 valence electrons. The molecular formula is C4H6N2O4. The van der Waals surface area contributed by atoms with Crippen LogP contribution >= 0.6 is 0 Å². The fourth-order valence-corrected chi connectivity index (χ4v) is 0.221. The number of rotatable bonds is 2. The number of ether oxygens (including phenoxy) is 1. The molecule has 1 amide bonds. The van der Waals surface area contributed by atoms with Gasteiger partial charge in [0.15, 0.2) is 6.21 Å². The van der Waals surface area contributed by atoms with E-state index in [1.807, 2.05) is 0 Å². The van der Waals surface area contributed by atoms with Crippen molar-refractivity contribution in [1.29, 1.82) is 0 Å². The van der Waals surface area contributed by atoms with Gasteiger partial charge in [-0.1, -0.05) is 5.16 Å². The summed E-state index contributed by atoms with van der Waals surface area (Å²) < 4.78 is 3.82. The predicted octanol–water partition coefficient (Wildman–Crippen LogP) is -0.759. The maximum Gasteiger partial charge on any atom is 0.412 e. The summed E-state index contributed by atoms with van der Waals surface area (Å²) >= 11 is 0. The monoisotopic (exact) mass is 146 g/mol. The van der Waals surface area contributed by atoms with Crippen molar-refractivity contribution in [2.45, 2.75) is 0 Å². The minimum atomic E-state index is -1.17. The Morgan fingerprint density at radius 3 is 2.60 bits per heavy atom. The minimum Gasteiger partial charge on any atom is -0.399 e. The van der Waals surface area contributed by atoms with Crippen molar-refractivity contribution in [3.05, 3.63) is 0 Å². The Hall–Kier alpha value is -1.59. The number of primary amides is 1. The second-order valence-corrected chi connectivity index (χ2v) is 1.16. The first-order valence-corrected chi connectivity index (χ1v) is 2.24. The van der Waals surface area contributed by atoms with Gasteiger partial charge >= 0.3 is 12.1 Å². The van der Waals surface area contributed by atoms with Crippen LogP contribution in [0.1, 0.15) is 0 Å². The third kappa shape index (κ3) is 4.57. The zero-order valence-corrected chi connectivity index (χ0v) is 5.23. The molecular weight excluding hydrogens is 140 g/mol. The van der Waals surface area contributed by atoms with E-state index in [1.54, 1.807) is 0 Å². The third-order valence-electron chi connectivity index (χ3n) is 0.465. The van der Waals surface area contributed by atoms with Crippen molar-refractivity contribution in [3.8, 4) is 0 Å². The van der Waals surface area contributed by atoms with E-state index < -0.39 is 12.1 Å². The Morgan fingerprint density at radius 1 is 1.60 bits per heavy atom. The molecule has 2 N–H and O–H groups in total. The maximum absolute atomic E-state index is 10.3. The summed E-state index contributed by atoms with van der Waals surface area (Å²) in [7, 11) is 1.24. The number of esters is 1. The number of oxime groups is 1. The summed E-state index contributed by atoms with van der Waals surface area (Å²) in [5.74, 6) is -0.964. The standard InChI is InChI=1S/C4H6N2O4/c1-9-6-2-3(7)10-4(5)8/h2H,1H3,(H2,5,8). The number of carbonyl (C=O) groups is 2. The molecule has 0 spiro atoms. The van der Waals surface area contributed by atoms with Crippen LogP contribution in [0.5, 0.6) is 0 Å². The molecule has 10 heavy (non-hydrogen) atoms. The molecule has 6 heteroatoms. The number of nitrogens with two attached hydrogens (primary N) is 1. The van der Waals surface area contributed by atoms with Crippen molar-refractivity contribution in [2.75, 3.05) is 7.11 Å². The van der Waals surface area contributed by atoms with Crippen molar-refractivity contribution in [3.63, 3.8) is 0 Å². The van der Waals surface area contributed by atoms with E-state index in [0.29, 0.717) is 6.21 Å². The van der Waals surface area contributed by atoms with Crippen LogP contribution in [0.3, 0.4) is 0 Å². The van der Waals surface area contributed by atoms with E-state index in [-0.39, 0.29) is 0 Å². The molecule has 0 fully saturated rings. The van der Waals surface area contributed by atoms with Gasteiger partial charge in [-0.2, -0.15) is 0 Å². The lowest BCUT2D eigenvalue weighted by Gasteiger charge is -1.90. The van der Waals surface area contributed by atoms with Gasteiger partial charge in [-0.25, -0.2) is 9.59 Å². The first-order chi connectivity index (χ1) is 4.66. The molecule has 0 rings (SSSR count). The van der Waals surface area contributed by atoms with Crippen LogP contribution in [0.25, 0.3) is 0 Å². The average Bonchev–Trinajstić information content (AvgIpc) is 1.82. The Kier molecular flexibility index (Phi) is 3.62. The van der Waals surface area contributed by atoms with Gasteiger partial charge in [-0.05, 0) is 0 Å². The van der Waals surface area contributed by atoms with Gasteiger partial charge in [0.1, 0.15) is 7.11 Å². The first-order valence-electron chi connectivity index (χ1n) is 2.24. The topological polar surface area (TPSA) is 91.0 Å². The third-order valence-corrected chi connectivity index (χ3v) is 0.465. The molecule has 0 aliphatic carbocycles. The lowest BCUT2D eigenvalue weighted by atomic mass is 10.8. The summed E-state index contributed by atoms with van der Waals surface area (Å²) in [6.07, 6.45) is -0.488. The highest BCUT2D eigenvalue weighted by Gasteiger charge is 2.01. The van der Waals surface area contributed by atoms with E-state index in [0.717, 1.165) is 0 Å². The average molecular weight is 146 g/mol. The number of hydrogen-bond donors (Lipinski definition) is 1. The first kappa shape index (κ1) is 8.41. The van der Waals surface area contributed by atoms with Crippen LogP contribution in [0.2, 0.25) is 0 Å². The van der Waals surface area contributed by atoms with Gasteiger partial charge in [0.2, 0.25) is 0 Å². The van der Waals surface area contributed by atoms with Crippen LogP contribution in [-0.4, -0.2) is 25.4 Å². The van der Waals surface area contributed by atoms with E-state index in [4.69, 9.17) is 0 Å². The van der Waals surface area contributed by atoms with Crippen molar-refractivity contribution in [2.24, 2.45) is 10.9 Å². The fourth-order valence-electron chi connectivity index (χ4n) is 0.221. The van der Waals surface area contributed by atoms with Gasteiger partial charge < -0.3 is 15.3 Å². The van der Waals surface area contributed by atoms with E-state index in [2.05, 4.69) is 20.5 Å². The quantitative estimate of drug-likeness (QED) is 0.240. The van der Waals surface area contributed by atoms with Gasteiger partial charge in [-0.3, -0.25) is 0 Å². The molecule has 0 radical (unpaired) electrons. The van der Waals surface area contributed by atoms with Crippen LogP contribution in [-0.2, 0) is 14.4 Å². The highest BCUT2D eigenvalue weighted by atomic mass is 16.6. The van der Waals surface area contributed by atoms with Crippen molar-refractivity contribution >= 4 is 18.3 Å². The zero-order valence-electron chi connectivity index (χ0n) is 5.23. The Labute approximate surface area is 56.6 Å². The Morgan fingerprint density at radius 2 is 2.20 bits per heavy atom. The van der Waals surface area contributed by atoms with Crippen molar-refractivity contribution in [1.82, 2.24) is 0 Å². The highest BCUT2D eigenvalue weighted by molar-refractivity contribution is 6.25. The normalized spacial score (nSPS) is 9.30. The highest BCUT2D eigenvalue weighted by Crippen LogP contribution is 1.74.